The Hall–Kier alpha value is -2.47. The van der Waals surface area contributed by atoms with Gasteiger partial charge in [-0.15, -0.1) is 0 Å². The first-order valence-electron chi connectivity index (χ1n) is 5.96. The molecule has 1 aromatic carbocycles. The Kier molecular flexibility index (Phi) is 4.49. The summed E-state index contributed by atoms with van der Waals surface area (Å²) in [7, 11) is -3.67. The van der Waals surface area contributed by atoms with Crippen molar-refractivity contribution in [1.82, 2.24) is 9.71 Å². The molecule has 4 N–H and O–H groups in total. The number of nitrogens with one attached hydrogen (secondary N) is 2. The van der Waals surface area contributed by atoms with Crippen LogP contribution in [0.1, 0.15) is 11.1 Å². The maximum Gasteiger partial charge on any atom is 0.242 e. The van der Waals surface area contributed by atoms with Gasteiger partial charge in [0, 0.05) is 12.7 Å². The summed E-state index contributed by atoms with van der Waals surface area (Å²) >= 11 is 0. The van der Waals surface area contributed by atoms with Crippen molar-refractivity contribution in [3.8, 4) is 6.07 Å². The molecule has 0 spiro atoms. The topological polar surface area (TPSA) is 121 Å². The third kappa shape index (κ3) is 3.76. The van der Waals surface area contributed by atoms with Gasteiger partial charge in [-0.05, 0) is 29.8 Å². The van der Waals surface area contributed by atoms with Crippen LogP contribution in [0.4, 0.5) is 5.82 Å². The monoisotopic (exact) mass is 303 g/mol. The van der Waals surface area contributed by atoms with E-state index in [1.807, 2.05) is 6.07 Å². The standard InChI is InChI=1S/C13H13N5O2S/c14-7-10-2-1-3-11(6-10)8-17-21(19,20)12-4-5-13(18-15)16-9-12/h1-6,9,17H,8,15H2,(H,16,18). The Morgan fingerprint density at radius 1 is 1.29 bits per heavy atom. The van der Waals surface area contributed by atoms with Crippen molar-refractivity contribution >= 4 is 15.8 Å². The molecular weight excluding hydrogens is 290 g/mol. The van der Waals surface area contributed by atoms with Gasteiger partial charge in [-0.3, -0.25) is 0 Å². The molecule has 1 aromatic heterocycles. The fraction of sp³-hybridized carbons (Fsp3) is 0.0769. The van der Waals surface area contributed by atoms with E-state index in [0.717, 1.165) is 0 Å². The van der Waals surface area contributed by atoms with Crippen molar-refractivity contribution < 1.29 is 8.42 Å². The highest BCUT2D eigenvalue weighted by molar-refractivity contribution is 7.89. The minimum Gasteiger partial charge on any atom is -0.308 e. The van der Waals surface area contributed by atoms with E-state index in [-0.39, 0.29) is 11.4 Å². The predicted molar refractivity (Wildman–Crippen MR) is 77.2 cm³/mol. The van der Waals surface area contributed by atoms with Crippen LogP contribution in [0.25, 0.3) is 0 Å². The number of rotatable bonds is 5. The molecule has 2 rings (SSSR count). The van der Waals surface area contributed by atoms with E-state index >= 15 is 0 Å². The van der Waals surface area contributed by atoms with Crippen LogP contribution in [-0.2, 0) is 16.6 Å². The number of sulfonamides is 1. The summed E-state index contributed by atoms with van der Waals surface area (Å²) in [6, 6.07) is 11.6. The fourth-order valence-corrected chi connectivity index (χ4v) is 2.60. The van der Waals surface area contributed by atoms with Crippen LogP contribution in [0.15, 0.2) is 47.5 Å². The predicted octanol–water partition coefficient (Wildman–Crippen LogP) is 0.717. The number of nitrogens with two attached hydrogens (primary N) is 1. The van der Waals surface area contributed by atoms with Crippen molar-refractivity contribution in [2.45, 2.75) is 11.4 Å². The van der Waals surface area contributed by atoms with Crippen LogP contribution in [0.3, 0.4) is 0 Å². The molecule has 0 bridgehead atoms. The average Bonchev–Trinajstić information content (AvgIpc) is 2.53. The van der Waals surface area contributed by atoms with Crippen LogP contribution in [0, 0.1) is 11.3 Å². The first-order chi connectivity index (χ1) is 10.0. The van der Waals surface area contributed by atoms with Gasteiger partial charge in [-0.25, -0.2) is 24.0 Å². The molecule has 0 saturated carbocycles. The molecule has 0 saturated heterocycles. The SMILES string of the molecule is N#Cc1cccc(CNS(=O)(=O)c2ccc(NN)nc2)c1. The van der Waals surface area contributed by atoms with Gasteiger partial charge in [0.25, 0.3) is 0 Å². The quantitative estimate of drug-likeness (QED) is 0.552. The summed E-state index contributed by atoms with van der Waals surface area (Å²) in [5, 5.41) is 8.80. The summed E-state index contributed by atoms with van der Waals surface area (Å²) < 4.78 is 26.6. The summed E-state index contributed by atoms with van der Waals surface area (Å²) in [6.07, 6.45) is 1.21. The molecule has 0 aliphatic rings. The highest BCUT2D eigenvalue weighted by Crippen LogP contribution is 2.11. The van der Waals surface area contributed by atoms with E-state index in [0.29, 0.717) is 16.9 Å². The van der Waals surface area contributed by atoms with Gasteiger partial charge in [0.05, 0.1) is 11.6 Å². The van der Waals surface area contributed by atoms with Gasteiger partial charge in [0.2, 0.25) is 10.0 Å². The zero-order valence-electron chi connectivity index (χ0n) is 10.9. The van der Waals surface area contributed by atoms with Gasteiger partial charge in [0.1, 0.15) is 10.7 Å². The molecule has 21 heavy (non-hydrogen) atoms. The molecule has 0 amide bonds. The second-order valence-electron chi connectivity index (χ2n) is 4.16. The van der Waals surface area contributed by atoms with Crippen molar-refractivity contribution in [1.29, 1.82) is 5.26 Å². The minimum absolute atomic E-state index is 0.0398. The molecule has 0 atom stereocenters. The lowest BCUT2D eigenvalue weighted by Crippen LogP contribution is -2.23. The molecule has 7 nitrogen and oxygen atoms in total. The summed E-state index contributed by atoms with van der Waals surface area (Å²) in [5.74, 6) is 5.54. The van der Waals surface area contributed by atoms with Crippen molar-refractivity contribution in [2.24, 2.45) is 5.84 Å². The molecule has 108 valence electrons. The molecule has 0 radical (unpaired) electrons. The van der Waals surface area contributed by atoms with Crippen LogP contribution in [0.5, 0.6) is 0 Å². The molecule has 2 aromatic rings. The highest BCUT2D eigenvalue weighted by atomic mass is 32.2. The van der Waals surface area contributed by atoms with E-state index in [1.54, 1.807) is 24.3 Å². The highest BCUT2D eigenvalue weighted by Gasteiger charge is 2.14. The van der Waals surface area contributed by atoms with Gasteiger partial charge in [-0.2, -0.15) is 5.26 Å². The third-order valence-corrected chi connectivity index (χ3v) is 4.10. The van der Waals surface area contributed by atoms with Gasteiger partial charge in [-0.1, -0.05) is 12.1 Å². The Bertz CT molecular complexity index is 766. The van der Waals surface area contributed by atoms with Crippen molar-refractivity contribution in [2.75, 3.05) is 5.43 Å². The number of hydrazine groups is 1. The first kappa shape index (κ1) is 14.9. The van der Waals surface area contributed by atoms with Crippen LogP contribution < -0.4 is 16.0 Å². The Morgan fingerprint density at radius 3 is 2.71 bits per heavy atom. The lowest BCUT2D eigenvalue weighted by atomic mass is 10.1. The van der Waals surface area contributed by atoms with Gasteiger partial charge >= 0.3 is 0 Å². The van der Waals surface area contributed by atoms with Crippen LogP contribution >= 0.6 is 0 Å². The third-order valence-electron chi connectivity index (χ3n) is 2.72. The first-order valence-corrected chi connectivity index (χ1v) is 7.45. The van der Waals surface area contributed by atoms with Crippen molar-refractivity contribution in [3.05, 3.63) is 53.7 Å². The summed E-state index contributed by atoms with van der Waals surface area (Å²) in [4.78, 5) is 3.89. The number of aromatic nitrogens is 1. The maximum atomic E-state index is 12.1. The Morgan fingerprint density at radius 2 is 2.10 bits per heavy atom. The average molecular weight is 303 g/mol. The number of nitrogens with zero attached hydrogens (tertiary/aromatic N) is 2. The zero-order chi connectivity index (χ0) is 15.3. The van der Waals surface area contributed by atoms with E-state index in [4.69, 9.17) is 11.1 Å². The molecular formula is C13H13N5O2S. The minimum atomic E-state index is -3.67. The van der Waals surface area contributed by atoms with Gasteiger partial charge < -0.3 is 5.43 Å². The number of nitrogen functional groups attached to an aromatic ring is 1. The molecule has 1 heterocycles. The molecule has 0 aliphatic heterocycles. The normalized spacial score (nSPS) is 10.9. The zero-order valence-corrected chi connectivity index (χ0v) is 11.8. The summed E-state index contributed by atoms with van der Waals surface area (Å²) in [5.41, 5.74) is 3.50. The largest absolute Gasteiger partial charge is 0.308 e. The fourth-order valence-electron chi connectivity index (χ4n) is 1.64. The number of hydrogen-bond acceptors (Lipinski definition) is 6. The number of hydrogen-bond donors (Lipinski definition) is 3. The van der Waals surface area contributed by atoms with E-state index < -0.39 is 10.0 Å². The molecule has 8 heteroatoms. The molecule has 0 fully saturated rings. The summed E-state index contributed by atoms with van der Waals surface area (Å²) in [6.45, 7) is 0.0920. The second-order valence-corrected chi connectivity index (χ2v) is 5.93. The van der Waals surface area contributed by atoms with E-state index in [1.165, 1.54) is 18.3 Å². The Labute approximate surface area is 122 Å². The molecule has 0 aliphatic carbocycles. The maximum absolute atomic E-state index is 12.1. The lowest BCUT2D eigenvalue weighted by Gasteiger charge is -2.07. The second kappa shape index (κ2) is 6.32. The number of nitriles is 1. The van der Waals surface area contributed by atoms with Gasteiger partial charge in [0.15, 0.2) is 0 Å². The lowest BCUT2D eigenvalue weighted by molar-refractivity contribution is 0.581. The van der Waals surface area contributed by atoms with Crippen molar-refractivity contribution in [3.63, 3.8) is 0 Å². The smallest absolute Gasteiger partial charge is 0.242 e. The number of pyridine rings is 1. The van der Waals surface area contributed by atoms with Crippen LogP contribution in [0.2, 0.25) is 0 Å². The number of anilines is 1. The van der Waals surface area contributed by atoms with E-state index in [2.05, 4.69) is 15.1 Å². The van der Waals surface area contributed by atoms with E-state index in [9.17, 15) is 8.42 Å². The molecule has 0 unspecified atom stereocenters. The van der Waals surface area contributed by atoms with Crippen LogP contribution in [-0.4, -0.2) is 13.4 Å². The Balaban J connectivity index is 2.11. The number of benzene rings is 1.